The van der Waals surface area contributed by atoms with Gasteiger partial charge in [-0.1, -0.05) is 26.0 Å². The van der Waals surface area contributed by atoms with Crippen molar-refractivity contribution in [2.45, 2.75) is 39.5 Å². The normalized spacial score (nSPS) is 11.9. The average molecular weight is 287 g/mol. The molecule has 0 saturated carbocycles. The lowest BCUT2D eigenvalue weighted by atomic mass is 9.83. The third kappa shape index (κ3) is 3.57. The van der Waals surface area contributed by atoms with Gasteiger partial charge in [-0.05, 0) is 43.9 Å². The Morgan fingerprint density at radius 1 is 1.14 bits per heavy atom. The summed E-state index contributed by atoms with van der Waals surface area (Å²) >= 11 is 0. The number of benzene rings is 1. The predicted octanol–water partition coefficient (Wildman–Crippen LogP) is 3.72. The van der Waals surface area contributed by atoms with Crippen LogP contribution in [0.5, 0.6) is 0 Å². The van der Waals surface area contributed by atoms with E-state index in [-0.39, 0.29) is 5.82 Å². The van der Waals surface area contributed by atoms with Gasteiger partial charge in [0.2, 0.25) is 0 Å². The number of aromatic nitrogens is 2. The van der Waals surface area contributed by atoms with Crippen LogP contribution >= 0.6 is 0 Å². The van der Waals surface area contributed by atoms with E-state index in [1.165, 1.54) is 12.1 Å². The number of hydrogen-bond acceptors (Lipinski definition) is 3. The van der Waals surface area contributed by atoms with Gasteiger partial charge >= 0.3 is 0 Å². The number of rotatable bonds is 4. The molecule has 4 heteroatoms. The number of halogens is 1. The Morgan fingerprint density at radius 2 is 1.76 bits per heavy atom. The van der Waals surface area contributed by atoms with Crippen molar-refractivity contribution >= 4 is 5.82 Å². The van der Waals surface area contributed by atoms with E-state index >= 15 is 0 Å². The van der Waals surface area contributed by atoms with Gasteiger partial charge in [-0.25, -0.2) is 14.4 Å². The second-order valence-corrected chi connectivity index (χ2v) is 6.34. The average Bonchev–Trinajstić information content (AvgIpc) is 2.37. The fourth-order valence-electron chi connectivity index (χ4n) is 2.32. The molecule has 112 valence electrons. The number of hydrogen-bond donors (Lipinski definition) is 1. The molecule has 2 N–H and O–H groups in total. The summed E-state index contributed by atoms with van der Waals surface area (Å²) in [5.41, 5.74) is 7.41. The molecule has 3 nitrogen and oxygen atoms in total. The van der Waals surface area contributed by atoms with Crippen LogP contribution in [0, 0.1) is 11.7 Å². The van der Waals surface area contributed by atoms with E-state index in [9.17, 15) is 4.39 Å². The summed E-state index contributed by atoms with van der Waals surface area (Å²) in [5, 5.41) is 0. The molecule has 0 fully saturated rings. The second-order valence-electron chi connectivity index (χ2n) is 6.34. The molecule has 0 spiro atoms. The SMILES string of the molecule is CC(C)Cc1cc(N)nc(C(C)(C)c2ccc(F)cc2)n1. The minimum Gasteiger partial charge on any atom is -0.384 e. The van der Waals surface area contributed by atoms with Crippen molar-refractivity contribution < 1.29 is 4.39 Å². The molecular weight excluding hydrogens is 265 g/mol. The molecule has 0 amide bonds. The smallest absolute Gasteiger partial charge is 0.140 e. The van der Waals surface area contributed by atoms with Crippen molar-refractivity contribution in [3.05, 3.63) is 53.2 Å². The van der Waals surface area contributed by atoms with Crippen LogP contribution < -0.4 is 5.73 Å². The minimum absolute atomic E-state index is 0.247. The topological polar surface area (TPSA) is 51.8 Å². The molecule has 1 heterocycles. The van der Waals surface area contributed by atoms with E-state index in [0.717, 1.165) is 17.7 Å². The van der Waals surface area contributed by atoms with Crippen molar-refractivity contribution in [3.63, 3.8) is 0 Å². The maximum absolute atomic E-state index is 13.1. The van der Waals surface area contributed by atoms with Gasteiger partial charge in [0.15, 0.2) is 0 Å². The first-order chi connectivity index (χ1) is 9.79. The monoisotopic (exact) mass is 287 g/mol. The van der Waals surface area contributed by atoms with E-state index in [0.29, 0.717) is 17.6 Å². The molecule has 0 unspecified atom stereocenters. The van der Waals surface area contributed by atoms with E-state index < -0.39 is 5.41 Å². The zero-order chi connectivity index (χ0) is 15.6. The van der Waals surface area contributed by atoms with Gasteiger partial charge in [0.25, 0.3) is 0 Å². The van der Waals surface area contributed by atoms with E-state index in [4.69, 9.17) is 5.73 Å². The molecule has 1 aromatic heterocycles. The van der Waals surface area contributed by atoms with Gasteiger partial charge in [-0.2, -0.15) is 0 Å². The Morgan fingerprint density at radius 3 is 2.33 bits per heavy atom. The molecule has 0 aliphatic carbocycles. The van der Waals surface area contributed by atoms with Gasteiger partial charge in [-0.15, -0.1) is 0 Å². The summed E-state index contributed by atoms with van der Waals surface area (Å²) in [5.74, 6) is 1.40. The van der Waals surface area contributed by atoms with Crippen LogP contribution in [0.25, 0.3) is 0 Å². The molecule has 0 aliphatic heterocycles. The first-order valence-electron chi connectivity index (χ1n) is 7.19. The van der Waals surface area contributed by atoms with Crippen LogP contribution in [0.1, 0.15) is 44.8 Å². The van der Waals surface area contributed by atoms with Gasteiger partial charge in [0.05, 0.1) is 0 Å². The van der Waals surface area contributed by atoms with Gasteiger partial charge in [0, 0.05) is 17.2 Å². The highest BCUT2D eigenvalue weighted by Crippen LogP contribution is 2.30. The maximum Gasteiger partial charge on any atom is 0.140 e. The van der Waals surface area contributed by atoms with Crippen molar-refractivity contribution in [2.75, 3.05) is 5.73 Å². The third-order valence-electron chi connectivity index (χ3n) is 3.54. The Bertz CT molecular complexity index is 618. The van der Waals surface area contributed by atoms with Crippen LogP contribution in [0.2, 0.25) is 0 Å². The van der Waals surface area contributed by atoms with Crippen LogP contribution in [0.15, 0.2) is 30.3 Å². The van der Waals surface area contributed by atoms with Crippen LogP contribution in [-0.4, -0.2) is 9.97 Å². The Labute approximate surface area is 125 Å². The lowest BCUT2D eigenvalue weighted by Gasteiger charge is -2.24. The zero-order valence-electron chi connectivity index (χ0n) is 13.0. The fraction of sp³-hybridized carbons (Fsp3) is 0.412. The lowest BCUT2D eigenvalue weighted by Crippen LogP contribution is -2.24. The quantitative estimate of drug-likeness (QED) is 0.932. The number of nitrogens with two attached hydrogens (primary N) is 1. The van der Waals surface area contributed by atoms with Crippen LogP contribution in [0.4, 0.5) is 10.2 Å². The van der Waals surface area contributed by atoms with Gasteiger partial charge in [-0.3, -0.25) is 0 Å². The van der Waals surface area contributed by atoms with Crippen molar-refractivity contribution in [2.24, 2.45) is 5.92 Å². The standard InChI is InChI=1S/C17H22FN3/c1-11(2)9-14-10-15(19)21-16(20-14)17(3,4)12-5-7-13(18)8-6-12/h5-8,10-11H,9H2,1-4H3,(H2,19,20,21). The summed E-state index contributed by atoms with van der Waals surface area (Å²) in [6.07, 6.45) is 0.860. The Balaban J connectivity index is 2.43. The highest BCUT2D eigenvalue weighted by atomic mass is 19.1. The summed E-state index contributed by atoms with van der Waals surface area (Å²) in [6.45, 7) is 8.33. The summed E-state index contributed by atoms with van der Waals surface area (Å²) in [7, 11) is 0. The van der Waals surface area contributed by atoms with Gasteiger partial charge < -0.3 is 5.73 Å². The first kappa shape index (κ1) is 15.4. The summed E-state index contributed by atoms with van der Waals surface area (Å²) < 4.78 is 13.1. The number of anilines is 1. The third-order valence-corrected chi connectivity index (χ3v) is 3.54. The molecule has 1 aromatic carbocycles. The highest BCUT2D eigenvalue weighted by molar-refractivity contribution is 5.36. The lowest BCUT2D eigenvalue weighted by molar-refractivity contribution is 0.569. The molecule has 0 aliphatic rings. The van der Waals surface area contributed by atoms with Crippen LogP contribution in [0.3, 0.4) is 0 Å². The van der Waals surface area contributed by atoms with Crippen molar-refractivity contribution in [1.82, 2.24) is 9.97 Å². The van der Waals surface area contributed by atoms with E-state index in [2.05, 4.69) is 23.8 Å². The van der Waals surface area contributed by atoms with E-state index in [1.54, 1.807) is 12.1 Å². The Kier molecular flexibility index (Phi) is 4.26. The summed E-state index contributed by atoms with van der Waals surface area (Å²) in [6, 6.07) is 8.27. The highest BCUT2D eigenvalue weighted by Gasteiger charge is 2.27. The second kappa shape index (κ2) is 5.80. The molecule has 0 atom stereocenters. The molecule has 0 saturated heterocycles. The largest absolute Gasteiger partial charge is 0.384 e. The molecule has 21 heavy (non-hydrogen) atoms. The molecular formula is C17H22FN3. The van der Waals surface area contributed by atoms with Crippen molar-refractivity contribution in [1.29, 1.82) is 0 Å². The molecule has 2 rings (SSSR count). The van der Waals surface area contributed by atoms with Crippen LogP contribution in [-0.2, 0) is 11.8 Å². The first-order valence-corrected chi connectivity index (χ1v) is 7.19. The van der Waals surface area contributed by atoms with Crippen molar-refractivity contribution in [3.8, 4) is 0 Å². The Hall–Kier alpha value is -1.97. The predicted molar refractivity (Wildman–Crippen MR) is 83.5 cm³/mol. The maximum atomic E-state index is 13.1. The fourth-order valence-corrected chi connectivity index (χ4v) is 2.32. The zero-order valence-corrected chi connectivity index (χ0v) is 13.0. The van der Waals surface area contributed by atoms with Gasteiger partial charge in [0.1, 0.15) is 17.5 Å². The molecule has 2 aromatic rings. The molecule has 0 bridgehead atoms. The van der Waals surface area contributed by atoms with E-state index in [1.807, 2.05) is 19.9 Å². The summed E-state index contributed by atoms with van der Waals surface area (Å²) in [4.78, 5) is 9.04. The number of nitrogen functional groups attached to an aromatic ring is 1. The minimum atomic E-state index is -0.422. The molecule has 0 radical (unpaired) electrons. The number of nitrogens with zero attached hydrogens (tertiary/aromatic N) is 2.